The number of hydrogen-bond acceptors (Lipinski definition) is 2. The summed E-state index contributed by atoms with van der Waals surface area (Å²) in [5.74, 6) is 2.56. The molecule has 1 rings (SSSR count). The Morgan fingerprint density at radius 1 is 1.44 bits per heavy atom. The van der Waals surface area contributed by atoms with Crippen molar-refractivity contribution in [2.24, 2.45) is 5.92 Å². The molecule has 1 aliphatic heterocycles. The van der Waals surface area contributed by atoms with Crippen LogP contribution in [0.4, 0.5) is 4.79 Å². The van der Waals surface area contributed by atoms with Crippen LogP contribution in [0.15, 0.2) is 0 Å². The molecule has 0 aromatic heterocycles. The zero-order valence-electron chi connectivity index (χ0n) is 9.11. The van der Waals surface area contributed by atoms with E-state index in [0.717, 1.165) is 12.8 Å². The van der Waals surface area contributed by atoms with E-state index in [1.54, 1.807) is 0 Å². The molecule has 0 aromatic carbocycles. The number of carbonyl (C=O) groups is 2. The van der Waals surface area contributed by atoms with Crippen LogP contribution in [0.3, 0.4) is 0 Å². The number of nitrogens with one attached hydrogen (secondary N) is 1. The monoisotopic (exact) mass is 224 g/mol. The summed E-state index contributed by atoms with van der Waals surface area (Å²) in [7, 11) is 0. The van der Waals surface area contributed by atoms with Gasteiger partial charge in [-0.3, -0.25) is 4.79 Å². The summed E-state index contributed by atoms with van der Waals surface area (Å²) in [6.07, 6.45) is 6.08. The first-order valence-corrected chi connectivity index (χ1v) is 5.31. The number of piperidine rings is 1. The van der Waals surface area contributed by atoms with Crippen LogP contribution in [0.2, 0.25) is 0 Å². The number of terminal acetylenes is 1. The van der Waals surface area contributed by atoms with Gasteiger partial charge in [0, 0.05) is 19.5 Å². The minimum absolute atomic E-state index is 0.0493. The molecule has 0 aromatic rings. The van der Waals surface area contributed by atoms with Gasteiger partial charge in [0.05, 0.1) is 6.54 Å². The van der Waals surface area contributed by atoms with Crippen molar-refractivity contribution < 1.29 is 14.7 Å². The van der Waals surface area contributed by atoms with E-state index in [4.69, 9.17) is 11.5 Å². The third-order valence-electron chi connectivity index (χ3n) is 2.75. The highest BCUT2D eigenvalue weighted by atomic mass is 16.4. The predicted octanol–water partition coefficient (Wildman–Crippen LogP) is 0.516. The molecule has 16 heavy (non-hydrogen) atoms. The van der Waals surface area contributed by atoms with Gasteiger partial charge in [-0.05, 0) is 18.8 Å². The van der Waals surface area contributed by atoms with E-state index in [1.807, 2.05) is 0 Å². The van der Waals surface area contributed by atoms with Crippen LogP contribution in [-0.4, -0.2) is 41.6 Å². The van der Waals surface area contributed by atoms with Gasteiger partial charge < -0.3 is 15.3 Å². The molecule has 88 valence electrons. The smallest absolute Gasteiger partial charge is 0.407 e. The fourth-order valence-corrected chi connectivity index (χ4v) is 1.81. The average Bonchev–Trinajstić information content (AvgIpc) is 2.27. The van der Waals surface area contributed by atoms with E-state index in [1.165, 1.54) is 4.90 Å². The van der Waals surface area contributed by atoms with Gasteiger partial charge in [-0.15, -0.1) is 6.42 Å². The Bertz CT molecular complexity index is 301. The number of rotatable bonds is 3. The predicted molar refractivity (Wildman–Crippen MR) is 58.8 cm³/mol. The van der Waals surface area contributed by atoms with Gasteiger partial charge in [0.1, 0.15) is 0 Å². The Labute approximate surface area is 94.8 Å². The molecule has 0 atom stereocenters. The van der Waals surface area contributed by atoms with Gasteiger partial charge in [0.15, 0.2) is 0 Å². The molecule has 1 aliphatic rings. The molecular formula is C11H16N2O3. The maximum atomic E-state index is 11.3. The Balaban J connectivity index is 2.24. The second-order valence-corrected chi connectivity index (χ2v) is 3.90. The average molecular weight is 224 g/mol. The van der Waals surface area contributed by atoms with E-state index in [2.05, 4.69) is 11.2 Å². The molecular weight excluding hydrogens is 208 g/mol. The minimum Gasteiger partial charge on any atom is -0.465 e. The number of nitrogens with zero attached hydrogens (tertiary/aromatic N) is 1. The largest absolute Gasteiger partial charge is 0.465 e. The van der Waals surface area contributed by atoms with Crippen LogP contribution in [0, 0.1) is 18.3 Å². The van der Waals surface area contributed by atoms with E-state index in [0.29, 0.717) is 19.5 Å². The SMILES string of the molecule is C#CCNC(=O)CC1CCN(C(=O)O)CC1. The summed E-state index contributed by atoms with van der Waals surface area (Å²) in [5, 5.41) is 11.4. The quantitative estimate of drug-likeness (QED) is 0.686. The normalized spacial score (nSPS) is 16.6. The summed E-state index contributed by atoms with van der Waals surface area (Å²) in [4.78, 5) is 23.4. The molecule has 0 unspecified atom stereocenters. The van der Waals surface area contributed by atoms with Crippen molar-refractivity contribution in [1.29, 1.82) is 0 Å². The fraction of sp³-hybridized carbons (Fsp3) is 0.636. The fourth-order valence-electron chi connectivity index (χ4n) is 1.81. The highest BCUT2D eigenvalue weighted by Crippen LogP contribution is 2.20. The Morgan fingerprint density at radius 3 is 2.56 bits per heavy atom. The Hall–Kier alpha value is -1.70. The second kappa shape index (κ2) is 6.01. The maximum absolute atomic E-state index is 11.3. The highest BCUT2D eigenvalue weighted by molar-refractivity contribution is 5.76. The van der Waals surface area contributed by atoms with Crippen molar-refractivity contribution in [2.45, 2.75) is 19.3 Å². The molecule has 0 aliphatic carbocycles. The molecule has 2 amide bonds. The number of carbonyl (C=O) groups excluding carboxylic acids is 1. The molecule has 2 N–H and O–H groups in total. The topological polar surface area (TPSA) is 69.6 Å². The first-order chi connectivity index (χ1) is 7.63. The highest BCUT2D eigenvalue weighted by Gasteiger charge is 2.23. The molecule has 0 spiro atoms. The minimum atomic E-state index is -0.879. The van der Waals surface area contributed by atoms with Gasteiger partial charge >= 0.3 is 6.09 Å². The van der Waals surface area contributed by atoms with Crippen molar-refractivity contribution in [2.75, 3.05) is 19.6 Å². The first kappa shape index (κ1) is 12.4. The second-order valence-electron chi connectivity index (χ2n) is 3.90. The van der Waals surface area contributed by atoms with Gasteiger partial charge in [0.2, 0.25) is 5.91 Å². The van der Waals surface area contributed by atoms with E-state index in [-0.39, 0.29) is 18.4 Å². The van der Waals surface area contributed by atoms with Crippen LogP contribution in [0.5, 0.6) is 0 Å². The van der Waals surface area contributed by atoms with E-state index >= 15 is 0 Å². The van der Waals surface area contributed by atoms with Crippen LogP contribution < -0.4 is 5.32 Å². The molecule has 0 saturated carbocycles. The maximum Gasteiger partial charge on any atom is 0.407 e. The lowest BCUT2D eigenvalue weighted by atomic mass is 9.93. The van der Waals surface area contributed by atoms with Crippen molar-refractivity contribution in [3.05, 3.63) is 0 Å². The third kappa shape index (κ3) is 3.81. The van der Waals surface area contributed by atoms with Crippen molar-refractivity contribution in [3.8, 4) is 12.3 Å². The van der Waals surface area contributed by atoms with Gasteiger partial charge in [0.25, 0.3) is 0 Å². The number of amides is 2. The summed E-state index contributed by atoms with van der Waals surface area (Å²) in [6.45, 7) is 1.29. The van der Waals surface area contributed by atoms with Crippen LogP contribution in [0.1, 0.15) is 19.3 Å². The summed E-state index contributed by atoms with van der Waals surface area (Å²) in [6, 6.07) is 0. The zero-order chi connectivity index (χ0) is 12.0. The van der Waals surface area contributed by atoms with Crippen molar-refractivity contribution in [3.63, 3.8) is 0 Å². The molecule has 5 heteroatoms. The molecule has 1 fully saturated rings. The standard InChI is InChI=1S/C11H16N2O3/c1-2-5-12-10(14)8-9-3-6-13(7-4-9)11(15)16/h1,9H,3-8H2,(H,12,14)(H,15,16). The summed E-state index contributed by atoms with van der Waals surface area (Å²) in [5.41, 5.74) is 0. The Kier molecular flexibility index (Phi) is 4.65. The first-order valence-electron chi connectivity index (χ1n) is 5.31. The van der Waals surface area contributed by atoms with E-state index < -0.39 is 6.09 Å². The van der Waals surface area contributed by atoms with Crippen molar-refractivity contribution in [1.82, 2.24) is 10.2 Å². The van der Waals surface area contributed by atoms with Crippen LogP contribution in [-0.2, 0) is 4.79 Å². The number of hydrogen-bond donors (Lipinski definition) is 2. The lowest BCUT2D eigenvalue weighted by molar-refractivity contribution is -0.122. The van der Waals surface area contributed by atoms with E-state index in [9.17, 15) is 9.59 Å². The lowest BCUT2D eigenvalue weighted by Crippen LogP contribution is -2.38. The lowest BCUT2D eigenvalue weighted by Gasteiger charge is -2.29. The molecule has 0 radical (unpaired) electrons. The van der Waals surface area contributed by atoms with Gasteiger partial charge in [-0.1, -0.05) is 5.92 Å². The van der Waals surface area contributed by atoms with Crippen LogP contribution >= 0.6 is 0 Å². The molecule has 5 nitrogen and oxygen atoms in total. The van der Waals surface area contributed by atoms with Crippen molar-refractivity contribution >= 4 is 12.0 Å². The molecule has 0 bridgehead atoms. The Morgan fingerprint density at radius 2 is 2.06 bits per heavy atom. The molecule has 1 heterocycles. The molecule has 1 saturated heterocycles. The summed E-state index contributed by atoms with van der Waals surface area (Å²) >= 11 is 0. The number of carboxylic acid groups (broad SMARTS) is 1. The van der Waals surface area contributed by atoms with Crippen LogP contribution in [0.25, 0.3) is 0 Å². The third-order valence-corrected chi connectivity index (χ3v) is 2.75. The van der Waals surface area contributed by atoms with Gasteiger partial charge in [-0.2, -0.15) is 0 Å². The van der Waals surface area contributed by atoms with Gasteiger partial charge in [-0.25, -0.2) is 4.79 Å². The number of likely N-dealkylation sites (tertiary alicyclic amines) is 1. The zero-order valence-corrected chi connectivity index (χ0v) is 9.11. The summed E-state index contributed by atoms with van der Waals surface area (Å²) < 4.78 is 0.